The van der Waals surface area contributed by atoms with Gasteiger partial charge in [0.05, 0.1) is 4.90 Å². The number of urea groups is 1. The van der Waals surface area contributed by atoms with Gasteiger partial charge >= 0.3 is 6.03 Å². The molecule has 5 aromatic rings. The Balaban J connectivity index is 1.28. The molecule has 200 valence electrons. The first-order valence-corrected chi connectivity index (χ1v) is 15.0. The lowest BCUT2D eigenvalue weighted by Crippen LogP contribution is -2.40. The highest BCUT2D eigenvalue weighted by atomic mass is 32.2. The molecule has 0 radical (unpaired) electrons. The van der Waals surface area contributed by atoms with E-state index in [1.165, 1.54) is 17.7 Å². The van der Waals surface area contributed by atoms with Crippen molar-refractivity contribution >= 4 is 38.6 Å². The van der Waals surface area contributed by atoms with E-state index in [0.717, 1.165) is 45.1 Å². The SMILES string of the molecule is Cc1ccc(S(=O)(=O)NC(=O)NCCc2ccc(-n3c(Cc4ccsc4)nc4c(C)cc(C)nc43)cc2)cc1. The molecule has 0 fully saturated rings. The van der Waals surface area contributed by atoms with E-state index in [2.05, 4.69) is 38.4 Å². The summed E-state index contributed by atoms with van der Waals surface area (Å²) in [6, 6.07) is 17.8. The molecule has 2 amide bonds. The third-order valence-electron chi connectivity index (χ3n) is 6.40. The van der Waals surface area contributed by atoms with E-state index in [1.807, 2.05) is 44.2 Å². The second kappa shape index (κ2) is 11.0. The van der Waals surface area contributed by atoms with Crippen molar-refractivity contribution in [1.82, 2.24) is 24.6 Å². The molecule has 39 heavy (non-hydrogen) atoms. The van der Waals surface area contributed by atoms with Gasteiger partial charge in [-0.2, -0.15) is 11.3 Å². The number of rotatable bonds is 8. The van der Waals surface area contributed by atoms with Gasteiger partial charge in [0.1, 0.15) is 11.3 Å². The fourth-order valence-electron chi connectivity index (χ4n) is 4.44. The van der Waals surface area contributed by atoms with Crippen LogP contribution in [-0.4, -0.2) is 35.5 Å². The Labute approximate surface area is 231 Å². The summed E-state index contributed by atoms with van der Waals surface area (Å²) in [4.78, 5) is 22.0. The third-order valence-corrected chi connectivity index (χ3v) is 8.48. The van der Waals surface area contributed by atoms with Gasteiger partial charge in [-0.25, -0.2) is 27.9 Å². The number of fused-ring (bicyclic) bond motifs is 1. The maximum absolute atomic E-state index is 12.4. The van der Waals surface area contributed by atoms with Crippen LogP contribution in [0.25, 0.3) is 16.9 Å². The lowest BCUT2D eigenvalue weighted by atomic mass is 10.1. The molecule has 3 heterocycles. The Bertz CT molecular complexity index is 1720. The minimum Gasteiger partial charge on any atom is -0.337 e. The number of amides is 2. The number of aromatic nitrogens is 3. The van der Waals surface area contributed by atoms with Gasteiger partial charge in [0.2, 0.25) is 0 Å². The summed E-state index contributed by atoms with van der Waals surface area (Å²) in [5.41, 5.74) is 7.86. The Morgan fingerprint density at radius 2 is 1.69 bits per heavy atom. The first-order chi connectivity index (χ1) is 18.7. The maximum atomic E-state index is 12.4. The zero-order chi connectivity index (χ0) is 27.6. The molecular weight excluding hydrogens is 530 g/mol. The van der Waals surface area contributed by atoms with E-state index < -0.39 is 16.1 Å². The molecule has 8 nitrogen and oxygen atoms in total. The average molecular weight is 560 g/mol. The minimum atomic E-state index is -3.93. The molecular formula is C29H29N5O3S2. The van der Waals surface area contributed by atoms with Crippen LogP contribution in [0.3, 0.4) is 0 Å². The number of imidazole rings is 1. The van der Waals surface area contributed by atoms with E-state index in [1.54, 1.807) is 23.5 Å². The molecule has 2 N–H and O–H groups in total. The van der Waals surface area contributed by atoms with Crippen molar-refractivity contribution < 1.29 is 13.2 Å². The highest BCUT2D eigenvalue weighted by Crippen LogP contribution is 2.26. The Kier molecular flexibility index (Phi) is 7.49. The van der Waals surface area contributed by atoms with Crippen LogP contribution in [0.5, 0.6) is 0 Å². The van der Waals surface area contributed by atoms with Crippen molar-refractivity contribution in [2.75, 3.05) is 6.54 Å². The first kappa shape index (κ1) is 26.6. The van der Waals surface area contributed by atoms with Crippen LogP contribution in [0, 0.1) is 20.8 Å². The van der Waals surface area contributed by atoms with E-state index in [9.17, 15) is 13.2 Å². The van der Waals surface area contributed by atoms with Crippen molar-refractivity contribution in [2.45, 2.75) is 38.5 Å². The fourth-order valence-corrected chi connectivity index (χ4v) is 6.04. The highest BCUT2D eigenvalue weighted by Gasteiger charge is 2.18. The van der Waals surface area contributed by atoms with Gasteiger partial charge in [-0.1, -0.05) is 29.8 Å². The molecule has 0 aliphatic carbocycles. The first-order valence-electron chi connectivity index (χ1n) is 12.5. The molecule has 3 aromatic heterocycles. The fraction of sp³-hybridized carbons (Fsp3) is 0.207. The zero-order valence-electron chi connectivity index (χ0n) is 21.9. The molecule has 0 aliphatic rings. The standard InChI is InChI=1S/C29H29N5O3S2/c1-19-4-10-25(11-5-19)39(36,37)33-29(35)30-14-12-22-6-8-24(9-7-22)34-26(17-23-13-15-38-18-23)32-27-20(2)16-21(3)31-28(27)34/h4-11,13,15-16,18H,12,14,17H2,1-3H3,(H2,30,33,35). The zero-order valence-corrected chi connectivity index (χ0v) is 23.6. The van der Waals surface area contributed by atoms with Crippen molar-refractivity contribution in [1.29, 1.82) is 0 Å². The van der Waals surface area contributed by atoms with Gasteiger partial charge in [-0.05, 0) is 91.0 Å². The average Bonchev–Trinajstić information content (AvgIpc) is 3.53. The summed E-state index contributed by atoms with van der Waals surface area (Å²) in [5, 5.41) is 6.83. The van der Waals surface area contributed by atoms with Crippen molar-refractivity contribution in [3.8, 4) is 5.69 Å². The molecule has 5 rings (SSSR count). The molecule has 2 aromatic carbocycles. The summed E-state index contributed by atoms with van der Waals surface area (Å²) >= 11 is 1.67. The van der Waals surface area contributed by atoms with Gasteiger partial charge in [0.15, 0.2) is 5.65 Å². The van der Waals surface area contributed by atoms with E-state index in [-0.39, 0.29) is 11.4 Å². The number of carbonyl (C=O) groups excluding carboxylic acids is 1. The Morgan fingerprint density at radius 1 is 0.949 bits per heavy atom. The molecule has 0 bridgehead atoms. The molecule has 0 aliphatic heterocycles. The Hall–Kier alpha value is -4.02. The van der Waals surface area contributed by atoms with E-state index in [4.69, 9.17) is 9.97 Å². The van der Waals surface area contributed by atoms with Crippen molar-refractivity contribution in [3.05, 3.63) is 105 Å². The molecule has 0 saturated heterocycles. The normalized spacial score (nSPS) is 11.6. The number of pyridine rings is 1. The maximum Gasteiger partial charge on any atom is 0.328 e. The van der Waals surface area contributed by atoms with Gasteiger partial charge < -0.3 is 5.32 Å². The van der Waals surface area contributed by atoms with Crippen LogP contribution < -0.4 is 10.0 Å². The van der Waals surface area contributed by atoms with Gasteiger partial charge in [-0.15, -0.1) is 0 Å². The van der Waals surface area contributed by atoms with Crippen LogP contribution in [0.15, 0.2) is 76.3 Å². The lowest BCUT2D eigenvalue weighted by Gasteiger charge is -2.11. The molecule has 0 saturated carbocycles. The predicted octanol–water partition coefficient (Wildman–Crippen LogP) is 5.23. The minimum absolute atomic E-state index is 0.0455. The molecule has 0 unspecified atom stereocenters. The van der Waals surface area contributed by atoms with E-state index >= 15 is 0 Å². The smallest absolute Gasteiger partial charge is 0.328 e. The van der Waals surface area contributed by atoms with Gasteiger partial charge in [0.25, 0.3) is 10.0 Å². The number of hydrogen-bond acceptors (Lipinski definition) is 6. The summed E-state index contributed by atoms with van der Waals surface area (Å²) in [6.45, 7) is 6.19. The van der Waals surface area contributed by atoms with Crippen LogP contribution in [0.2, 0.25) is 0 Å². The second-order valence-electron chi connectivity index (χ2n) is 9.52. The lowest BCUT2D eigenvalue weighted by molar-refractivity contribution is 0.246. The topological polar surface area (TPSA) is 106 Å². The van der Waals surface area contributed by atoms with Crippen molar-refractivity contribution in [2.24, 2.45) is 0 Å². The second-order valence-corrected chi connectivity index (χ2v) is 12.0. The number of nitrogens with zero attached hydrogens (tertiary/aromatic N) is 3. The summed E-state index contributed by atoms with van der Waals surface area (Å²) in [7, 11) is -3.93. The molecule has 10 heteroatoms. The number of hydrogen-bond donors (Lipinski definition) is 2. The van der Waals surface area contributed by atoms with Crippen LogP contribution in [0.1, 0.15) is 33.8 Å². The van der Waals surface area contributed by atoms with Crippen LogP contribution >= 0.6 is 11.3 Å². The summed E-state index contributed by atoms with van der Waals surface area (Å²) in [6.07, 6.45) is 1.24. The van der Waals surface area contributed by atoms with Crippen LogP contribution in [-0.2, 0) is 22.9 Å². The number of aryl methyl sites for hydroxylation is 3. The van der Waals surface area contributed by atoms with Gasteiger partial charge in [-0.3, -0.25) is 4.57 Å². The molecule has 0 atom stereocenters. The quantitative estimate of drug-likeness (QED) is 0.271. The molecule has 0 spiro atoms. The van der Waals surface area contributed by atoms with Crippen molar-refractivity contribution in [3.63, 3.8) is 0 Å². The summed E-state index contributed by atoms with van der Waals surface area (Å²) < 4.78 is 29.0. The monoisotopic (exact) mass is 559 g/mol. The number of sulfonamides is 1. The third kappa shape index (κ3) is 6.02. The van der Waals surface area contributed by atoms with Gasteiger partial charge in [0, 0.05) is 24.3 Å². The van der Waals surface area contributed by atoms with Crippen LogP contribution in [0.4, 0.5) is 4.79 Å². The summed E-state index contributed by atoms with van der Waals surface area (Å²) in [5.74, 6) is 0.922. The predicted molar refractivity (Wildman–Crippen MR) is 154 cm³/mol. The van der Waals surface area contributed by atoms with E-state index in [0.29, 0.717) is 12.8 Å². The number of benzene rings is 2. The number of thiophene rings is 1. The highest BCUT2D eigenvalue weighted by molar-refractivity contribution is 7.90. The largest absolute Gasteiger partial charge is 0.337 e. The Morgan fingerprint density at radius 3 is 2.38 bits per heavy atom. The number of nitrogens with one attached hydrogen (secondary N) is 2. The number of carbonyl (C=O) groups is 1.